The number of hydrogen-bond acceptors (Lipinski definition) is 6. The Hall–Kier alpha value is -0.673. The molecule has 122 valence electrons. The van der Waals surface area contributed by atoms with E-state index >= 15 is 0 Å². The Kier molecular flexibility index (Phi) is 5.79. The molecular formula is C12H25N3O5Si. The lowest BCUT2D eigenvalue weighted by Crippen LogP contribution is -2.61. The van der Waals surface area contributed by atoms with E-state index in [0.717, 1.165) is 0 Å². The van der Waals surface area contributed by atoms with E-state index in [-0.39, 0.29) is 5.04 Å². The topological polar surface area (TPSA) is 128 Å². The maximum Gasteiger partial charge on any atom is 0.195 e. The van der Waals surface area contributed by atoms with Crippen LogP contribution in [0.25, 0.3) is 10.4 Å². The van der Waals surface area contributed by atoms with Gasteiger partial charge in [-0.3, -0.25) is 0 Å². The third kappa shape index (κ3) is 3.95. The molecule has 0 aromatic rings. The van der Waals surface area contributed by atoms with Crippen LogP contribution in [0.1, 0.15) is 20.8 Å². The molecule has 0 aromatic heterocycles. The molecule has 5 atom stereocenters. The molecule has 2 unspecified atom stereocenters. The predicted molar refractivity (Wildman–Crippen MR) is 79.0 cm³/mol. The van der Waals surface area contributed by atoms with Crippen LogP contribution in [-0.4, -0.2) is 60.9 Å². The molecule has 0 saturated carbocycles. The Bertz CT molecular complexity index is 408. The summed E-state index contributed by atoms with van der Waals surface area (Å²) < 4.78 is 11.5. The number of azide groups is 1. The maximum absolute atomic E-state index is 10.1. The van der Waals surface area contributed by atoms with E-state index in [4.69, 9.17) is 14.7 Å². The van der Waals surface area contributed by atoms with Crippen LogP contribution in [0.15, 0.2) is 5.11 Å². The lowest BCUT2D eigenvalue weighted by Gasteiger charge is -2.45. The minimum Gasteiger partial charge on any atom is -0.394 e. The summed E-state index contributed by atoms with van der Waals surface area (Å²) in [5, 5.41) is 32.5. The summed E-state index contributed by atoms with van der Waals surface area (Å²) in [5.41, 5.74) is 8.64. The van der Waals surface area contributed by atoms with E-state index in [2.05, 4.69) is 10.0 Å². The Morgan fingerprint density at radius 1 is 1.29 bits per heavy atom. The maximum atomic E-state index is 10.1. The minimum absolute atomic E-state index is 0.104. The fourth-order valence-electron chi connectivity index (χ4n) is 1.81. The van der Waals surface area contributed by atoms with Gasteiger partial charge in [0.1, 0.15) is 18.2 Å². The average molecular weight is 319 g/mol. The van der Waals surface area contributed by atoms with Crippen LogP contribution in [0.2, 0.25) is 18.1 Å². The highest BCUT2D eigenvalue weighted by Crippen LogP contribution is 2.39. The van der Waals surface area contributed by atoms with E-state index in [0.29, 0.717) is 0 Å². The molecular weight excluding hydrogens is 294 g/mol. The molecule has 1 fully saturated rings. The molecule has 8 nitrogen and oxygen atoms in total. The summed E-state index contributed by atoms with van der Waals surface area (Å²) in [5.74, 6) is 0. The first kappa shape index (κ1) is 18.4. The second-order valence-electron chi connectivity index (χ2n) is 6.78. The molecule has 21 heavy (non-hydrogen) atoms. The number of ether oxygens (including phenoxy) is 1. The molecule has 0 amide bonds. The van der Waals surface area contributed by atoms with Crippen molar-refractivity contribution in [3.63, 3.8) is 0 Å². The van der Waals surface area contributed by atoms with E-state index in [9.17, 15) is 15.3 Å². The molecule has 3 N–H and O–H groups in total. The van der Waals surface area contributed by atoms with Gasteiger partial charge >= 0.3 is 0 Å². The monoisotopic (exact) mass is 319 g/mol. The van der Waals surface area contributed by atoms with Crippen LogP contribution in [0, 0.1) is 0 Å². The van der Waals surface area contributed by atoms with Crippen molar-refractivity contribution in [3.8, 4) is 0 Å². The first-order valence-electron chi connectivity index (χ1n) is 6.89. The van der Waals surface area contributed by atoms with Crippen molar-refractivity contribution in [2.45, 2.75) is 69.5 Å². The van der Waals surface area contributed by atoms with Crippen LogP contribution in [0.5, 0.6) is 0 Å². The molecule has 0 spiro atoms. The van der Waals surface area contributed by atoms with E-state index < -0.39 is 45.6 Å². The highest BCUT2D eigenvalue weighted by atomic mass is 28.4. The number of aliphatic hydroxyl groups is 3. The molecule has 0 aromatic carbocycles. The average Bonchev–Trinajstić information content (AvgIpc) is 2.36. The van der Waals surface area contributed by atoms with Gasteiger partial charge in [-0.2, -0.15) is 0 Å². The molecule has 0 bridgehead atoms. The van der Waals surface area contributed by atoms with Crippen LogP contribution in [-0.2, 0) is 9.16 Å². The third-order valence-corrected chi connectivity index (χ3v) is 8.68. The fourth-order valence-corrected chi connectivity index (χ4v) is 2.94. The molecule has 0 radical (unpaired) electrons. The molecule has 1 rings (SSSR count). The van der Waals surface area contributed by atoms with Crippen LogP contribution >= 0.6 is 0 Å². The van der Waals surface area contributed by atoms with E-state index in [1.54, 1.807) is 0 Å². The van der Waals surface area contributed by atoms with Gasteiger partial charge in [-0.25, -0.2) is 0 Å². The zero-order valence-corrected chi connectivity index (χ0v) is 14.1. The smallest absolute Gasteiger partial charge is 0.195 e. The standard InChI is InChI=1S/C12H25N3O5Si/c1-12(2,3)21(4,5)20-11-8(14-15-13)10(18)9(17)7(6-16)19-11/h7-11,16-18H,6H2,1-5H3/t7?,8-,9+,10+,11?/m0/s1. The molecule has 1 saturated heterocycles. The van der Waals surface area contributed by atoms with Crippen LogP contribution in [0.4, 0.5) is 0 Å². The van der Waals surface area contributed by atoms with Crippen molar-refractivity contribution in [1.82, 2.24) is 0 Å². The number of aliphatic hydroxyl groups excluding tert-OH is 3. The largest absolute Gasteiger partial charge is 0.394 e. The van der Waals surface area contributed by atoms with Gasteiger partial charge in [0.2, 0.25) is 0 Å². The van der Waals surface area contributed by atoms with E-state index in [1.807, 2.05) is 33.9 Å². The zero-order chi connectivity index (χ0) is 16.4. The highest BCUT2D eigenvalue weighted by Gasteiger charge is 2.48. The Morgan fingerprint density at radius 2 is 1.86 bits per heavy atom. The molecule has 9 heteroatoms. The minimum atomic E-state index is -2.24. The lowest BCUT2D eigenvalue weighted by molar-refractivity contribution is -0.242. The third-order valence-electron chi connectivity index (χ3n) is 4.25. The van der Waals surface area contributed by atoms with Crippen molar-refractivity contribution in [2.24, 2.45) is 5.11 Å². The first-order valence-corrected chi connectivity index (χ1v) is 9.80. The van der Waals surface area contributed by atoms with Crippen molar-refractivity contribution in [3.05, 3.63) is 10.4 Å². The predicted octanol–water partition coefficient (Wildman–Crippen LogP) is 1.13. The second-order valence-corrected chi connectivity index (χ2v) is 11.5. The second kappa shape index (κ2) is 6.61. The molecule has 1 aliphatic heterocycles. The molecule has 1 aliphatic rings. The van der Waals surface area contributed by atoms with Crippen LogP contribution < -0.4 is 0 Å². The van der Waals surface area contributed by atoms with Gasteiger partial charge in [-0.15, -0.1) is 0 Å². The number of hydrogen-bond donors (Lipinski definition) is 3. The fraction of sp³-hybridized carbons (Fsp3) is 1.00. The van der Waals surface area contributed by atoms with Gasteiger partial charge in [0.15, 0.2) is 14.6 Å². The molecule has 1 heterocycles. The van der Waals surface area contributed by atoms with Crippen molar-refractivity contribution < 1.29 is 24.5 Å². The van der Waals surface area contributed by atoms with E-state index in [1.165, 1.54) is 0 Å². The Balaban J connectivity index is 3.03. The first-order chi connectivity index (χ1) is 9.55. The van der Waals surface area contributed by atoms with Crippen molar-refractivity contribution >= 4 is 8.32 Å². The highest BCUT2D eigenvalue weighted by molar-refractivity contribution is 6.74. The number of rotatable bonds is 4. The number of nitrogens with zero attached hydrogens (tertiary/aromatic N) is 3. The van der Waals surface area contributed by atoms with Gasteiger partial charge < -0.3 is 24.5 Å². The SMILES string of the molecule is CC(C)(C)[Si](C)(C)OC1OC(CO)[C@@H](O)[C@H](O)[C@@H]1N=[N+]=[N-]. The summed E-state index contributed by atoms with van der Waals surface area (Å²) in [6, 6.07) is -1.05. The van der Waals surface area contributed by atoms with Crippen molar-refractivity contribution in [1.29, 1.82) is 0 Å². The molecule has 0 aliphatic carbocycles. The van der Waals surface area contributed by atoms with Gasteiger partial charge in [-0.05, 0) is 23.7 Å². The van der Waals surface area contributed by atoms with Gasteiger partial charge in [0, 0.05) is 4.91 Å². The van der Waals surface area contributed by atoms with Crippen LogP contribution in [0.3, 0.4) is 0 Å². The summed E-state index contributed by atoms with van der Waals surface area (Å²) in [7, 11) is -2.24. The normalized spacial score (nSPS) is 34.4. The summed E-state index contributed by atoms with van der Waals surface area (Å²) >= 11 is 0. The lowest BCUT2D eigenvalue weighted by atomic mass is 9.98. The summed E-state index contributed by atoms with van der Waals surface area (Å²) in [6.07, 6.45) is -4.64. The summed E-state index contributed by atoms with van der Waals surface area (Å²) in [4.78, 5) is 2.68. The van der Waals surface area contributed by atoms with Gasteiger partial charge in [0.25, 0.3) is 0 Å². The Morgan fingerprint density at radius 3 is 2.29 bits per heavy atom. The Labute approximate surface area is 125 Å². The summed E-state index contributed by atoms with van der Waals surface area (Å²) in [6.45, 7) is 9.65. The van der Waals surface area contributed by atoms with Gasteiger partial charge in [-0.1, -0.05) is 25.9 Å². The van der Waals surface area contributed by atoms with Crippen molar-refractivity contribution in [2.75, 3.05) is 6.61 Å². The zero-order valence-electron chi connectivity index (χ0n) is 13.1. The quantitative estimate of drug-likeness (QED) is 0.310. The van der Waals surface area contributed by atoms with Gasteiger partial charge in [0.05, 0.1) is 12.7 Å².